The fraction of sp³-hybridized carbons (Fsp3) is 0.438. The van der Waals surface area contributed by atoms with Crippen molar-refractivity contribution >= 4 is 23.4 Å². The Labute approximate surface area is 136 Å². The number of hydrogen-bond donors (Lipinski definition) is 3. The van der Waals surface area contributed by atoms with Crippen molar-refractivity contribution in [3.8, 4) is 0 Å². The topological polar surface area (TPSA) is 90.5 Å². The lowest BCUT2D eigenvalue weighted by molar-refractivity contribution is -0.126. The highest BCUT2D eigenvalue weighted by Gasteiger charge is 2.13. The fourth-order valence-corrected chi connectivity index (χ4v) is 2.06. The highest BCUT2D eigenvalue weighted by molar-refractivity contribution is 5.94. The fourth-order valence-electron chi connectivity index (χ4n) is 2.06. The van der Waals surface area contributed by atoms with E-state index in [-0.39, 0.29) is 37.4 Å². The van der Waals surface area contributed by atoms with Gasteiger partial charge in [-0.05, 0) is 32.0 Å². The quantitative estimate of drug-likeness (QED) is 0.661. The summed E-state index contributed by atoms with van der Waals surface area (Å²) in [4.78, 5) is 36.4. The third kappa shape index (κ3) is 6.48. The average molecular weight is 320 g/mol. The number of para-hydroxylation sites is 1. The molecule has 0 fully saturated rings. The molecular formula is C16H24N4O3. The van der Waals surface area contributed by atoms with Gasteiger partial charge in [-0.25, -0.2) is 0 Å². The first-order valence-electron chi connectivity index (χ1n) is 7.35. The van der Waals surface area contributed by atoms with E-state index >= 15 is 0 Å². The smallest absolute Gasteiger partial charge is 0.239 e. The van der Waals surface area contributed by atoms with Crippen LogP contribution in [-0.2, 0) is 14.4 Å². The van der Waals surface area contributed by atoms with Gasteiger partial charge in [0.05, 0.1) is 19.6 Å². The number of likely N-dealkylation sites (N-methyl/N-ethyl adjacent to an activating group) is 2. The molecule has 0 bridgehead atoms. The maximum Gasteiger partial charge on any atom is 0.239 e. The summed E-state index contributed by atoms with van der Waals surface area (Å²) in [6.45, 7) is 3.91. The number of carbonyl (C=O) groups excluding carboxylic acids is 3. The highest BCUT2D eigenvalue weighted by atomic mass is 16.2. The van der Waals surface area contributed by atoms with Crippen molar-refractivity contribution in [1.82, 2.24) is 15.5 Å². The molecule has 0 radical (unpaired) electrons. The van der Waals surface area contributed by atoms with Crippen LogP contribution in [0.2, 0.25) is 0 Å². The molecule has 0 atom stereocenters. The Morgan fingerprint density at radius 1 is 1.00 bits per heavy atom. The van der Waals surface area contributed by atoms with Gasteiger partial charge < -0.3 is 16.0 Å². The van der Waals surface area contributed by atoms with Gasteiger partial charge in [-0.2, -0.15) is 0 Å². The van der Waals surface area contributed by atoms with Gasteiger partial charge in [0.25, 0.3) is 0 Å². The maximum atomic E-state index is 12.1. The zero-order chi connectivity index (χ0) is 17.4. The monoisotopic (exact) mass is 320 g/mol. The first kappa shape index (κ1) is 18.6. The first-order valence-corrected chi connectivity index (χ1v) is 7.35. The number of benzene rings is 1. The number of carbonyl (C=O) groups is 3. The van der Waals surface area contributed by atoms with E-state index < -0.39 is 0 Å². The van der Waals surface area contributed by atoms with Crippen LogP contribution in [0.4, 0.5) is 5.69 Å². The van der Waals surface area contributed by atoms with Gasteiger partial charge in [-0.15, -0.1) is 0 Å². The second-order valence-corrected chi connectivity index (χ2v) is 5.44. The van der Waals surface area contributed by atoms with E-state index in [1.165, 1.54) is 7.05 Å². The summed E-state index contributed by atoms with van der Waals surface area (Å²) in [6.07, 6.45) is 0. The minimum absolute atomic E-state index is 0.0389. The third-order valence-corrected chi connectivity index (χ3v) is 3.30. The van der Waals surface area contributed by atoms with Gasteiger partial charge in [0.15, 0.2) is 0 Å². The van der Waals surface area contributed by atoms with Crippen LogP contribution in [0, 0.1) is 13.8 Å². The van der Waals surface area contributed by atoms with Gasteiger partial charge in [-0.3, -0.25) is 19.3 Å². The molecule has 3 amide bonds. The van der Waals surface area contributed by atoms with E-state index in [0.717, 1.165) is 16.8 Å². The van der Waals surface area contributed by atoms with Crippen LogP contribution in [0.25, 0.3) is 0 Å². The SMILES string of the molecule is CNC(=O)CNC(=O)CN(C)CC(=O)Nc1c(C)cccc1C. The Morgan fingerprint density at radius 3 is 2.13 bits per heavy atom. The zero-order valence-corrected chi connectivity index (χ0v) is 14.0. The van der Waals surface area contributed by atoms with Gasteiger partial charge in [-0.1, -0.05) is 18.2 Å². The van der Waals surface area contributed by atoms with E-state index in [1.807, 2.05) is 32.0 Å². The lowest BCUT2D eigenvalue weighted by atomic mass is 10.1. The van der Waals surface area contributed by atoms with Crippen molar-refractivity contribution in [2.75, 3.05) is 39.0 Å². The van der Waals surface area contributed by atoms with Crippen LogP contribution in [0.1, 0.15) is 11.1 Å². The minimum Gasteiger partial charge on any atom is -0.358 e. The Hall–Kier alpha value is -2.41. The van der Waals surface area contributed by atoms with Crippen LogP contribution in [-0.4, -0.2) is 56.4 Å². The Kier molecular flexibility index (Phi) is 7.21. The molecule has 0 unspecified atom stereocenters. The van der Waals surface area contributed by atoms with E-state index in [1.54, 1.807) is 11.9 Å². The largest absolute Gasteiger partial charge is 0.358 e. The zero-order valence-electron chi connectivity index (χ0n) is 14.0. The predicted octanol–water partition coefficient (Wildman–Crippen LogP) is 0.0359. The Morgan fingerprint density at radius 2 is 1.57 bits per heavy atom. The molecule has 0 aliphatic carbocycles. The molecule has 7 heteroatoms. The van der Waals surface area contributed by atoms with Crippen molar-refractivity contribution in [3.63, 3.8) is 0 Å². The van der Waals surface area contributed by atoms with E-state index in [0.29, 0.717) is 0 Å². The van der Waals surface area contributed by atoms with Crippen molar-refractivity contribution in [3.05, 3.63) is 29.3 Å². The van der Waals surface area contributed by atoms with Crippen molar-refractivity contribution in [1.29, 1.82) is 0 Å². The lowest BCUT2D eigenvalue weighted by Crippen LogP contribution is -2.42. The molecule has 0 spiro atoms. The van der Waals surface area contributed by atoms with Crippen LogP contribution in [0.3, 0.4) is 0 Å². The minimum atomic E-state index is -0.309. The van der Waals surface area contributed by atoms with E-state index in [4.69, 9.17) is 0 Å². The summed E-state index contributed by atoms with van der Waals surface area (Å²) in [6, 6.07) is 5.79. The van der Waals surface area contributed by atoms with Crippen LogP contribution in [0.15, 0.2) is 18.2 Å². The van der Waals surface area contributed by atoms with Gasteiger partial charge in [0.2, 0.25) is 17.7 Å². The molecule has 0 saturated carbocycles. The highest BCUT2D eigenvalue weighted by Crippen LogP contribution is 2.19. The number of aryl methyl sites for hydroxylation is 2. The van der Waals surface area contributed by atoms with Gasteiger partial charge >= 0.3 is 0 Å². The Bertz CT molecular complexity index is 566. The van der Waals surface area contributed by atoms with Gasteiger partial charge in [0, 0.05) is 12.7 Å². The van der Waals surface area contributed by atoms with Crippen LogP contribution < -0.4 is 16.0 Å². The average Bonchev–Trinajstić information content (AvgIpc) is 2.48. The first-order chi connectivity index (χ1) is 10.8. The molecule has 23 heavy (non-hydrogen) atoms. The molecule has 0 aliphatic rings. The summed E-state index contributed by atoms with van der Waals surface area (Å²) in [5, 5.41) is 7.76. The third-order valence-electron chi connectivity index (χ3n) is 3.30. The standard InChI is InChI=1S/C16H24N4O3/c1-11-6-5-7-12(2)16(11)19-15(23)10-20(4)9-14(22)18-8-13(21)17-3/h5-7H,8-10H2,1-4H3,(H,17,21)(H,18,22)(H,19,23). The van der Waals surface area contributed by atoms with Crippen LogP contribution >= 0.6 is 0 Å². The molecule has 126 valence electrons. The predicted molar refractivity (Wildman–Crippen MR) is 89.1 cm³/mol. The van der Waals surface area contributed by atoms with E-state index in [9.17, 15) is 14.4 Å². The molecule has 1 rings (SSSR count). The summed E-state index contributed by atoms with van der Waals surface area (Å²) >= 11 is 0. The number of rotatable bonds is 7. The van der Waals surface area contributed by atoms with Crippen LogP contribution in [0.5, 0.6) is 0 Å². The number of amides is 3. The number of nitrogens with zero attached hydrogens (tertiary/aromatic N) is 1. The normalized spacial score (nSPS) is 10.3. The second-order valence-electron chi connectivity index (χ2n) is 5.44. The Balaban J connectivity index is 2.45. The maximum absolute atomic E-state index is 12.1. The van der Waals surface area contributed by atoms with Gasteiger partial charge in [0.1, 0.15) is 0 Å². The van der Waals surface area contributed by atoms with Crippen molar-refractivity contribution < 1.29 is 14.4 Å². The molecular weight excluding hydrogens is 296 g/mol. The summed E-state index contributed by atoms with van der Waals surface area (Å²) < 4.78 is 0. The van der Waals surface area contributed by atoms with E-state index in [2.05, 4.69) is 16.0 Å². The molecule has 0 aliphatic heterocycles. The molecule has 0 heterocycles. The summed E-state index contributed by atoms with van der Waals surface area (Å²) in [7, 11) is 3.17. The number of anilines is 1. The number of hydrogen-bond acceptors (Lipinski definition) is 4. The molecule has 1 aromatic rings. The number of nitrogens with one attached hydrogen (secondary N) is 3. The molecule has 7 nitrogen and oxygen atoms in total. The second kappa shape index (κ2) is 8.89. The van der Waals surface area contributed by atoms with Crippen molar-refractivity contribution in [2.45, 2.75) is 13.8 Å². The van der Waals surface area contributed by atoms with Crippen molar-refractivity contribution in [2.24, 2.45) is 0 Å². The molecule has 0 saturated heterocycles. The molecule has 0 aromatic heterocycles. The summed E-state index contributed by atoms with van der Waals surface area (Å²) in [5.41, 5.74) is 2.78. The molecule has 1 aromatic carbocycles. The summed E-state index contributed by atoms with van der Waals surface area (Å²) in [5.74, 6) is -0.770. The lowest BCUT2D eigenvalue weighted by Gasteiger charge is -2.17. The molecule has 3 N–H and O–H groups in total.